The van der Waals surface area contributed by atoms with E-state index in [1.54, 1.807) is 49.6 Å². The maximum absolute atomic E-state index is 8.94. The molecule has 0 amide bonds. The lowest BCUT2D eigenvalue weighted by Gasteiger charge is -2.09. The molecule has 0 aliphatic heterocycles. The van der Waals surface area contributed by atoms with Gasteiger partial charge in [-0.1, -0.05) is 120 Å². The smallest absolute Gasteiger partial charge is 0.160 e. The van der Waals surface area contributed by atoms with E-state index in [1.807, 2.05) is 133 Å². The third kappa shape index (κ3) is 34.1. The quantitative estimate of drug-likeness (QED) is 0.0196. The van der Waals surface area contributed by atoms with Crippen LogP contribution in [0, 0.1) is 84.2 Å². The van der Waals surface area contributed by atoms with E-state index in [4.69, 9.17) is 99.8 Å². The average Bonchev–Trinajstić information content (AvgIpc) is 0.853. The first kappa shape index (κ1) is 101. The van der Waals surface area contributed by atoms with Gasteiger partial charge in [-0.15, -0.1) is 72.0 Å². The Balaban J connectivity index is 0.000000661. The number of pyridine rings is 6. The summed E-state index contributed by atoms with van der Waals surface area (Å²) in [5, 5.41) is 83.4. The molecule has 0 unspecified atom stereocenters. The lowest BCUT2D eigenvalue weighted by atomic mass is 9.99. The van der Waals surface area contributed by atoms with E-state index in [9.17, 15) is 0 Å². The summed E-state index contributed by atoms with van der Waals surface area (Å²) in [5.41, 5.74) is 59.4. The SMILES string of the molecule is Cl.Cl.Cl.N#CCc1c(CCl)ccc2cnccc12.N#CCc1c(CCl)ccc2ncccc12.N#CCc1c(CCl)cnc2ccccc12.N#CCc1c(CSC(=N)N)ccc2cnccc12.N#CCc1c(CSC(=N)N)ccc2ncccc12.N#CCc1c(CSC(=N)N)cnc2ccccc12.NC(N)=S.NC(N)=S.NC(N)=S. The Morgan fingerprint density at radius 3 is 0.930 bits per heavy atom. The molecule has 0 aliphatic carbocycles. The van der Waals surface area contributed by atoms with Crippen molar-refractivity contribution < 1.29 is 0 Å². The fraction of sp³-hybridized carbons (Fsp3) is 0.154. The molecular weight excluding hydrogens is 1680 g/mol. The molecule has 0 saturated heterocycles. The van der Waals surface area contributed by atoms with Crippen LogP contribution in [0.5, 0.6) is 0 Å². The Bertz CT molecular complexity index is 4970. The van der Waals surface area contributed by atoms with Crippen molar-refractivity contribution >= 4 is 240 Å². The van der Waals surface area contributed by atoms with Crippen LogP contribution in [0.2, 0.25) is 0 Å². The van der Waals surface area contributed by atoms with E-state index < -0.39 is 0 Å². The van der Waals surface area contributed by atoms with E-state index in [0.29, 0.717) is 73.4 Å². The second kappa shape index (κ2) is 56.2. The van der Waals surface area contributed by atoms with Crippen LogP contribution >= 0.6 is 144 Å². The molecule has 21 N–H and O–H groups in total. The molecule has 0 radical (unpaired) electrons. The van der Waals surface area contributed by atoms with E-state index in [1.165, 1.54) is 35.3 Å². The maximum atomic E-state index is 8.94. The van der Waals surface area contributed by atoms with Crippen molar-refractivity contribution in [2.24, 2.45) is 51.6 Å². The Morgan fingerprint density at radius 2 is 0.579 bits per heavy atom. The number of amidine groups is 3. The number of nitrogens with two attached hydrogens (primary N) is 9. The lowest BCUT2D eigenvalue weighted by molar-refractivity contribution is 1.18. The summed E-state index contributed by atoms with van der Waals surface area (Å²) in [4.78, 5) is 25.3. The van der Waals surface area contributed by atoms with Crippen LogP contribution in [0.15, 0.2) is 183 Å². The van der Waals surface area contributed by atoms with Crippen LogP contribution in [-0.2, 0) is 73.4 Å². The van der Waals surface area contributed by atoms with E-state index in [2.05, 4.69) is 137 Å². The Kier molecular flexibility index (Phi) is 49.8. The predicted molar refractivity (Wildman–Crippen MR) is 489 cm³/mol. The highest BCUT2D eigenvalue weighted by Gasteiger charge is 2.14. The Labute approximate surface area is 722 Å². The lowest BCUT2D eigenvalue weighted by Crippen LogP contribution is -2.18. The molecule has 6 aromatic carbocycles. The van der Waals surface area contributed by atoms with Crippen molar-refractivity contribution in [2.45, 2.75) is 73.4 Å². The van der Waals surface area contributed by atoms with Gasteiger partial charge in [-0.2, -0.15) is 31.6 Å². The minimum Gasteiger partial charge on any atom is -0.379 e. The molecule has 12 rings (SSSR count). The van der Waals surface area contributed by atoms with Gasteiger partial charge in [0, 0.05) is 117 Å². The molecule has 0 aliphatic rings. The molecule has 0 fully saturated rings. The first-order valence-electron chi connectivity index (χ1n) is 32.5. The Hall–Kier alpha value is -11.0. The topological polar surface area (TPSA) is 526 Å². The van der Waals surface area contributed by atoms with E-state index in [-0.39, 0.29) is 68.1 Å². The predicted octanol–water partition coefficient (Wildman–Crippen LogP) is 15.2. The van der Waals surface area contributed by atoms with Gasteiger partial charge in [0.1, 0.15) is 0 Å². The minimum absolute atomic E-state index is 0. The molecule has 6 heterocycles. The van der Waals surface area contributed by atoms with Crippen LogP contribution in [-0.4, -0.2) is 60.7 Å². The summed E-state index contributed by atoms with van der Waals surface area (Å²) in [6, 6.07) is 55.8. The van der Waals surface area contributed by atoms with Crippen LogP contribution in [0.4, 0.5) is 0 Å². The number of halogens is 6. The molecule has 24 nitrogen and oxygen atoms in total. The van der Waals surface area contributed by atoms with Crippen molar-refractivity contribution in [3.8, 4) is 36.4 Å². The summed E-state index contributed by atoms with van der Waals surface area (Å²) in [7, 11) is 0. The summed E-state index contributed by atoms with van der Waals surface area (Å²) < 4.78 is 0. The maximum Gasteiger partial charge on any atom is 0.160 e. The number of nitriles is 6. The number of rotatable bonds is 15. The molecule has 6 aromatic heterocycles. The number of alkyl halides is 3. The van der Waals surface area contributed by atoms with Gasteiger partial charge < -0.3 is 51.6 Å². The number of nitrogens with one attached hydrogen (secondary N) is 3. The fourth-order valence-electron chi connectivity index (χ4n) is 10.5. The summed E-state index contributed by atoms with van der Waals surface area (Å²) >= 11 is 33.6. The molecular formula is C78H78Cl6N24S6. The normalized spacial score (nSPS) is 9.45. The Morgan fingerprint density at radius 1 is 0.316 bits per heavy atom. The number of nitrogens with zero attached hydrogens (tertiary/aromatic N) is 12. The molecule has 114 heavy (non-hydrogen) atoms. The fourth-order valence-corrected chi connectivity index (χ4v) is 13.0. The minimum atomic E-state index is 0. The summed E-state index contributed by atoms with van der Waals surface area (Å²) in [6.45, 7) is 0. The largest absolute Gasteiger partial charge is 0.379 e. The molecule has 0 spiro atoms. The number of fused-ring (bicyclic) bond motifs is 6. The number of para-hydroxylation sites is 2. The summed E-state index contributed by atoms with van der Waals surface area (Å²) in [6.07, 6.45) is 16.3. The van der Waals surface area contributed by atoms with Gasteiger partial charge in [0.25, 0.3) is 0 Å². The van der Waals surface area contributed by atoms with Crippen molar-refractivity contribution in [1.82, 2.24) is 29.9 Å². The van der Waals surface area contributed by atoms with Crippen LogP contribution in [0.3, 0.4) is 0 Å². The molecule has 0 bridgehead atoms. The zero-order valence-corrected chi connectivity index (χ0v) is 70.3. The average molecular weight is 1760 g/mol. The summed E-state index contributed by atoms with van der Waals surface area (Å²) in [5.74, 6) is 3.07. The van der Waals surface area contributed by atoms with Gasteiger partial charge >= 0.3 is 0 Å². The van der Waals surface area contributed by atoms with Crippen molar-refractivity contribution in [1.29, 1.82) is 47.8 Å². The van der Waals surface area contributed by atoms with Gasteiger partial charge in [-0.25, -0.2) is 0 Å². The van der Waals surface area contributed by atoms with E-state index >= 15 is 0 Å². The number of thioether (sulfide) groups is 3. The molecule has 36 heteroatoms. The van der Waals surface area contributed by atoms with Crippen LogP contribution in [0.25, 0.3) is 65.2 Å². The monoisotopic (exact) mass is 1750 g/mol. The van der Waals surface area contributed by atoms with Gasteiger partial charge in [-0.05, 0) is 163 Å². The van der Waals surface area contributed by atoms with Gasteiger partial charge in [0.15, 0.2) is 30.8 Å². The number of hydrogen-bond acceptors (Lipinski definition) is 21. The van der Waals surface area contributed by atoms with Crippen LogP contribution < -0.4 is 51.6 Å². The second-order valence-electron chi connectivity index (χ2n) is 22.3. The third-order valence-corrected chi connectivity index (χ3v) is 18.3. The zero-order chi connectivity index (χ0) is 81.6. The molecule has 0 atom stereocenters. The van der Waals surface area contributed by atoms with Gasteiger partial charge in [0.2, 0.25) is 0 Å². The van der Waals surface area contributed by atoms with Crippen molar-refractivity contribution in [2.75, 3.05) is 0 Å². The van der Waals surface area contributed by atoms with E-state index in [0.717, 1.165) is 132 Å². The highest BCUT2D eigenvalue weighted by Crippen LogP contribution is 2.30. The molecule has 0 saturated carbocycles. The number of aromatic nitrogens is 6. The standard InChI is InChI=1S/3C13H12N4S.3C12H9ClN2.3CH4N2S.3ClH/c14-5-3-11-10(8-18-13(15)16)2-1-9-7-17-6-4-12(9)11;14-6-5-10-9(8-18-13(15)16)3-4-12-11(10)2-1-7-17-12;14-6-5-10-9(8-18-13(15)16)7-17-12-4-2-1-3-11(10)12;13-7-9-1-2-10-8-15-6-4-12(10)11(9)3-5-14;13-8-9-3-4-12-11(2-1-7-15-12)10(9)5-6-14;13-7-9-8-15-12-4-2-1-3-11(12)10(9)5-6-14;3*2-1(3)4;;;/h1-2,4,6-7H,3,8H2,(H3,15,16);2*1-4,7H,5,8H2,(H3,15,16);1-2,4,6,8H,3,7H2;1-4,7H,5,8H2;1-4,8H,5,7H2;3*(H4,2,3,4);3*1H. The number of hydrogen-bond donors (Lipinski definition) is 12. The molecule has 12 aromatic rings. The second-order valence-corrected chi connectivity index (χ2v) is 27.5. The highest BCUT2D eigenvalue weighted by atomic mass is 35.5. The third-order valence-electron chi connectivity index (χ3n) is 15.1. The highest BCUT2D eigenvalue weighted by molar-refractivity contribution is 8.13. The van der Waals surface area contributed by atoms with Crippen molar-refractivity contribution in [3.05, 3.63) is 250 Å². The van der Waals surface area contributed by atoms with Crippen LogP contribution in [0.1, 0.15) is 66.8 Å². The number of benzene rings is 6. The van der Waals surface area contributed by atoms with Gasteiger partial charge in [0.05, 0.1) is 97.0 Å². The first-order valence-corrected chi connectivity index (χ1v) is 38.3. The molecule has 588 valence electrons. The van der Waals surface area contributed by atoms with Gasteiger partial charge in [-0.3, -0.25) is 46.1 Å². The zero-order valence-electron chi connectivity index (χ0n) is 60.7. The van der Waals surface area contributed by atoms with Crippen molar-refractivity contribution in [3.63, 3.8) is 0 Å². The first-order chi connectivity index (χ1) is 53.4. The number of thiocarbonyl (C=S) groups is 3.